The Hall–Kier alpha value is -2.32. The topological polar surface area (TPSA) is 75.9 Å². The number of hydrogen-bond donors (Lipinski definition) is 1. The van der Waals surface area contributed by atoms with Crippen molar-refractivity contribution in [2.75, 3.05) is 30.3 Å². The van der Waals surface area contributed by atoms with E-state index >= 15 is 0 Å². The summed E-state index contributed by atoms with van der Waals surface area (Å²) in [5.41, 5.74) is 1.65. The van der Waals surface area contributed by atoms with E-state index in [1.807, 2.05) is 29.1 Å². The van der Waals surface area contributed by atoms with Crippen LogP contribution in [0.3, 0.4) is 0 Å². The predicted octanol–water partition coefficient (Wildman–Crippen LogP) is 3.94. The van der Waals surface area contributed by atoms with E-state index in [0.717, 1.165) is 46.4 Å². The summed E-state index contributed by atoms with van der Waals surface area (Å²) in [7, 11) is 0. The molecule has 0 radical (unpaired) electrons. The molecule has 0 unspecified atom stereocenters. The van der Waals surface area contributed by atoms with Crippen molar-refractivity contribution in [2.45, 2.75) is 44.3 Å². The zero-order chi connectivity index (χ0) is 21.6. The molecule has 2 aromatic heterocycles. The third kappa shape index (κ3) is 5.30. The van der Waals surface area contributed by atoms with Crippen molar-refractivity contribution in [3.63, 3.8) is 0 Å². The molecule has 0 saturated carbocycles. The van der Waals surface area contributed by atoms with Crippen molar-refractivity contribution < 1.29 is 4.79 Å². The summed E-state index contributed by atoms with van der Waals surface area (Å²) in [4.78, 5) is 24.3. The number of rotatable bonds is 8. The number of anilines is 1. The maximum absolute atomic E-state index is 12.3. The van der Waals surface area contributed by atoms with Crippen molar-refractivity contribution in [3.05, 3.63) is 41.0 Å². The van der Waals surface area contributed by atoms with E-state index in [9.17, 15) is 4.79 Å². The maximum atomic E-state index is 12.3. The lowest BCUT2D eigenvalue weighted by atomic mass is 10.1. The van der Waals surface area contributed by atoms with E-state index in [-0.39, 0.29) is 12.3 Å². The fraction of sp³-hybridized carbons (Fsp3) is 0.455. The molecule has 1 saturated heterocycles. The summed E-state index contributed by atoms with van der Waals surface area (Å²) in [5, 5.41) is 9.88. The van der Waals surface area contributed by atoms with E-state index in [1.165, 1.54) is 19.3 Å². The number of nitrogens with one attached hydrogen (secondary N) is 1. The van der Waals surface area contributed by atoms with Crippen LogP contribution in [0.1, 0.15) is 31.7 Å². The fourth-order valence-electron chi connectivity index (χ4n) is 3.80. The number of hydrogen-bond acceptors (Lipinski definition) is 6. The molecular formula is C22H27ClN6OS. The number of thioether (sulfide) groups is 1. The van der Waals surface area contributed by atoms with Crippen LogP contribution in [-0.4, -0.2) is 51.0 Å². The predicted molar refractivity (Wildman–Crippen MR) is 126 cm³/mol. The lowest BCUT2D eigenvalue weighted by Gasteiger charge is -2.28. The second kappa shape index (κ2) is 10.3. The molecule has 1 aliphatic rings. The van der Waals surface area contributed by atoms with Crippen molar-refractivity contribution in [3.8, 4) is 0 Å². The van der Waals surface area contributed by atoms with Gasteiger partial charge in [0.25, 0.3) is 0 Å². The van der Waals surface area contributed by atoms with Crippen molar-refractivity contribution >= 4 is 46.1 Å². The number of halogens is 1. The molecular weight excluding hydrogens is 432 g/mol. The number of nitrogens with zero attached hydrogens (tertiary/aromatic N) is 5. The zero-order valence-corrected chi connectivity index (χ0v) is 19.3. The monoisotopic (exact) mass is 458 g/mol. The van der Waals surface area contributed by atoms with Gasteiger partial charge in [-0.25, -0.2) is 14.6 Å². The lowest BCUT2D eigenvalue weighted by molar-refractivity contribution is -0.120. The van der Waals surface area contributed by atoms with E-state index in [4.69, 9.17) is 21.6 Å². The molecule has 0 spiro atoms. The largest absolute Gasteiger partial charge is 0.356 e. The van der Waals surface area contributed by atoms with Crippen LogP contribution in [0.5, 0.6) is 0 Å². The number of carbonyl (C=O) groups is 1. The second-order valence-electron chi connectivity index (χ2n) is 7.53. The quantitative estimate of drug-likeness (QED) is 0.407. The van der Waals surface area contributed by atoms with Gasteiger partial charge in [-0.3, -0.25) is 4.79 Å². The number of carbonyl (C=O) groups excluding carboxylic acids is 1. The lowest BCUT2D eigenvalue weighted by Crippen LogP contribution is -2.30. The van der Waals surface area contributed by atoms with Gasteiger partial charge in [0.2, 0.25) is 5.91 Å². The van der Waals surface area contributed by atoms with Crippen LogP contribution >= 0.6 is 23.4 Å². The average Bonchev–Trinajstić information content (AvgIpc) is 3.18. The standard InChI is InChI=1S/C22H27ClN6OS/c1-2-31-22-26-20(28-11-6-3-7-12-28)17-15-25-29(21(17)27-22)13-10-24-19(30)14-16-8-4-5-9-18(16)23/h4-5,8-9,15H,2-3,6-7,10-14H2,1H3,(H,24,30). The Balaban J connectivity index is 1.47. The molecule has 3 aromatic rings. The summed E-state index contributed by atoms with van der Waals surface area (Å²) in [6.07, 6.45) is 5.76. The van der Waals surface area contributed by atoms with Gasteiger partial charge in [-0.05, 0) is 36.6 Å². The molecule has 1 N–H and O–H groups in total. The van der Waals surface area contributed by atoms with Gasteiger partial charge in [0.1, 0.15) is 5.82 Å². The minimum atomic E-state index is -0.0598. The van der Waals surface area contributed by atoms with Crippen LogP contribution < -0.4 is 10.2 Å². The summed E-state index contributed by atoms with van der Waals surface area (Å²) in [5.74, 6) is 1.84. The molecule has 1 aliphatic heterocycles. The van der Waals surface area contributed by atoms with Crippen LogP contribution in [0.15, 0.2) is 35.6 Å². The highest BCUT2D eigenvalue weighted by atomic mass is 35.5. The Morgan fingerprint density at radius 3 is 2.77 bits per heavy atom. The van der Waals surface area contributed by atoms with Crippen LogP contribution in [0.2, 0.25) is 5.02 Å². The Kier molecular flexibility index (Phi) is 7.29. The van der Waals surface area contributed by atoms with E-state index < -0.39 is 0 Å². The SMILES string of the molecule is CCSc1nc(N2CCCCC2)c2cnn(CCNC(=O)Cc3ccccc3Cl)c2n1. The highest BCUT2D eigenvalue weighted by molar-refractivity contribution is 7.99. The van der Waals surface area contributed by atoms with Gasteiger partial charge in [-0.15, -0.1) is 0 Å². The second-order valence-corrected chi connectivity index (χ2v) is 9.17. The Labute approximate surface area is 191 Å². The molecule has 7 nitrogen and oxygen atoms in total. The number of fused-ring (bicyclic) bond motifs is 1. The Morgan fingerprint density at radius 2 is 2.00 bits per heavy atom. The first-order valence-electron chi connectivity index (χ1n) is 10.8. The molecule has 1 aromatic carbocycles. The molecule has 0 atom stereocenters. The van der Waals surface area contributed by atoms with Crippen molar-refractivity contribution in [2.24, 2.45) is 0 Å². The minimum Gasteiger partial charge on any atom is -0.356 e. The van der Waals surface area contributed by atoms with Crippen LogP contribution in [0.4, 0.5) is 5.82 Å². The number of aromatic nitrogens is 4. The highest BCUT2D eigenvalue weighted by Gasteiger charge is 2.20. The summed E-state index contributed by atoms with van der Waals surface area (Å²) in [6.45, 7) is 5.16. The summed E-state index contributed by atoms with van der Waals surface area (Å²) < 4.78 is 1.86. The summed E-state index contributed by atoms with van der Waals surface area (Å²) in [6, 6.07) is 7.41. The van der Waals surface area contributed by atoms with Crippen LogP contribution in [0.25, 0.3) is 11.0 Å². The first kappa shape index (κ1) is 21.9. The van der Waals surface area contributed by atoms with Crippen molar-refractivity contribution in [1.29, 1.82) is 0 Å². The van der Waals surface area contributed by atoms with E-state index in [2.05, 4.69) is 22.2 Å². The van der Waals surface area contributed by atoms with Gasteiger partial charge in [-0.2, -0.15) is 5.10 Å². The highest BCUT2D eigenvalue weighted by Crippen LogP contribution is 2.29. The molecule has 9 heteroatoms. The number of piperidine rings is 1. The molecule has 164 valence electrons. The molecule has 3 heterocycles. The maximum Gasteiger partial charge on any atom is 0.224 e. The van der Waals surface area contributed by atoms with Gasteiger partial charge < -0.3 is 10.2 Å². The molecule has 1 amide bonds. The minimum absolute atomic E-state index is 0.0598. The first-order valence-corrected chi connectivity index (χ1v) is 12.1. The molecule has 0 aliphatic carbocycles. The summed E-state index contributed by atoms with van der Waals surface area (Å²) >= 11 is 7.79. The van der Waals surface area contributed by atoms with Gasteiger partial charge in [0.05, 0.1) is 24.5 Å². The van der Waals surface area contributed by atoms with Gasteiger partial charge in [0.15, 0.2) is 10.8 Å². The van der Waals surface area contributed by atoms with Crippen LogP contribution in [-0.2, 0) is 17.8 Å². The number of benzene rings is 1. The van der Waals surface area contributed by atoms with Gasteiger partial charge in [-0.1, -0.05) is 48.5 Å². The zero-order valence-electron chi connectivity index (χ0n) is 17.7. The normalized spacial score (nSPS) is 14.2. The first-order chi connectivity index (χ1) is 15.2. The smallest absolute Gasteiger partial charge is 0.224 e. The van der Waals surface area contributed by atoms with Crippen molar-refractivity contribution in [1.82, 2.24) is 25.1 Å². The third-order valence-corrected chi connectivity index (χ3v) is 6.44. The average molecular weight is 459 g/mol. The molecule has 4 rings (SSSR count). The van der Waals surface area contributed by atoms with Gasteiger partial charge >= 0.3 is 0 Å². The van der Waals surface area contributed by atoms with E-state index in [1.54, 1.807) is 17.8 Å². The molecule has 0 bridgehead atoms. The third-order valence-electron chi connectivity index (χ3n) is 5.34. The van der Waals surface area contributed by atoms with E-state index in [0.29, 0.717) is 18.1 Å². The van der Waals surface area contributed by atoms with Crippen LogP contribution in [0, 0.1) is 0 Å². The van der Waals surface area contributed by atoms with Gasteiger partial charge in [0, 0.05) is 24.7 Å². The number of amides is 1. The molecule has 31 heavy (non-hydrogen) atoms. The fourth-order valence-corrected chi connectivity index (χ4v) is 4.57. The molecule has 1 fully saturated rings. The Bertz CT molecular complexity index is 1050. The Morgan fingerprint density at radius 1 is 1.19 bits per heavy atom.